The van der Waals surface area contributed by atoms with Crippen molar-refractivity contribution in [3.8, 4) is 16.9 Å². The van der Waals surface area contributed by atoms with Gasteiger partial charge in [-0.2, -0.15) is 0 Å². The molecule has 2 N–H and O–H groups in total. The van der Waals surface area contributed by atoms with E-state index in [4.69, 9.17) is 9.84 Å². The molecule has 0 amide bonds. The number of aliphatic carboxylic acids is 1. The number of anilines is 1. The molecule has 3 aromatic rings. The van der Waals surface area contributed by atoms with Gasteiger partial charge in [0.25, 0.3) is 0 Å². The highest BCUT2D eigenvalue weighted by atomic mass is 32.2. The van der Waals surface area contributed by atoms with Crippen molar-refractivity contribution in [2.45, 2.75) is 40.2 Å². The van der Waals surface area contributed by atoms with Crippen LogP contribution in [-0.4, -0.2) is 37.6 Å². The van der Waals surface area contributed by atoms with E-state index in [1.54, 1.807) is 19.1 Å². The zero-order valence-corrected chi connectivity index (χ0v) is 21.6. The second kappa shape index (κ2) is 12.0. The quantitative estimate of drug-likeness (QED) is 0.330. The molecule has 0 bridgehead atoms. The molecule has 0 saturated carbocycles. The molecular weight excluding hydrogens is 481 g/mol. The number of sulfone groups is 1. The Labute approximate surface area is 212 Å². The summed E-state index contributed by atoms with van der Waals surface area (Å²) < 4.78 is 43.4. The lowest BCUT2D eigenvalue weighted by Gasteiger charge is -2.15. The Morgan fingerprint density at radius 2 is 1.78 bits per heavy atom. The summed E-state index contributed by atoms with van der Waals surface area (Å²) >= 11 is 0. The number of carboxylic acid groups (broad SMARTS) is 1. The van der Waals surface area contributed by atoms with Crippen LogP contribution >= 0.6 is 0 Å². The lowest BCUT2D eigenvalue weighted by molar-refractivity contribution is -0.136. The fourth-order valence-corrected chi connectivity index (χ4v) is 4.66. The van der Waals surface area contributed by atoms with Crippen LogP contribution < -0.4 is 10.1 Å². The second-order valence-corrected chi connectivity index (χ2v) is 11.2. The minimum atomic E-state index is -3.08. The maximum atomic E-state index is 14.3. The van der Waals surface area contributed by atoms with Gasteiger partial charge in [0, 0.05) is 24.4 Å². The summed E-state index contributed by atoms with van der Waals surface area (Å²) in [4.78, 5) is 10.7. The van der Waals surface area contributed by atoms with Crippen molar-refractivity contribution in [3.05, 3.63) is 82.7 Å². The summed E-state index contributed by atoms with van der Waals surface area (Å²) in [7, 11) is -3.08. The molecule has 0 aliphatic rings. The first-order chi connectivity index (χ1) is 17.1. The highest BCUT2D eigenvalue weighted by Gasteiger charge is 2.12. The van der Waals surface area contributed by atoms with Gasteiger partial charge < -0.3 is 15.2 Å². The number of carbonyl (C=O) groups is 1. The average Bonchev–Trinajstić information content (AvgIpc) is 2.82. The number of hydrogen-bond donors (Lipinski definition) is 2. The maximum absolute atomic E-state index is 14.3. The second-order valence-electron chi connectivity index (χ2n) is 8.77. The number of hydrogen-bond acceptors (Lipinski definition) is 5. The molecule has 0 fully saturated rings. The summed E-state index contributed by atoms with van der Waals surface area (Å²) in [5.41, 5.74) is 6.19. The minimum absolute atomic E-state index is 0.00659. The topological polar surface area (TPSA) is 92.7 Å². The molecule has 0 aliphatic carbocycles. The smallest absolute Gasteiger partial charge is 0.303 e. The van der Waals surface area contributed by atoms with Crippen molar-refractivity contribution in [2.24, 2.45) is 0 Å². The number of nitrogens with one attached hydrogen (secondary N) is 1. The van der Waals surface area contributed by atoms with Crippen molar-refractivity contribution in [1.82, 2.24) is 0 Å². The third-order valence-electron chi connectivity index (χ3n) is 5.98. The highest BCUT2D eigenvalue weighted by molar-refractivity contribution is 7.91. The van der Waals surface area contributed by atoms with Gasteiger partial charge in [0.1, 0.15) is 18.2 Å². The third kappa shape index (κ3) is 7.55. The monoisotopic (exact) mass is 513 g/mol. The van der Waals surface area contributed by atoms with E-state index in [1.807, 2.05) is 44.2 Å². The van der Waals surface area contributed by atoms with E-state index in [-0.39, 0.29) is 31.0 Å². The first kappa shape index (κ1) is 27.2. The Morgan fingerprint density at radius 3 is 2.42 bits per heavy atom. The van der Waals surface area contributed by atoms with Crippen LogP contribution in [0.2, 0.25) is 0 Å². The Morgan fingerprint density at radius 1 is 1.06 bits per heavy atom. The Hall–Kier alpha value is -3.39. The number of carboxylic acids is 1. The van der Waals surface area contributed by atoms with Gasteiger partial charge in [0.15, 0.2) is 9.84 Å². The van der Waals surface area contributed by atoms with Crippen LogP contribution in [0.4, 0.5) is 10.1 Å². The van der Waals surface area contributed by atoms with Gasteiger partial charge in [-0.3, -0.25) is 4.79 Å². The zero-order chi connectivity index (χ0) is 26.3. The SMILES string of the molecule is CCS(=O)(=O)CCOc1cc(C)c(-c2cccc(CNc3ccc(CCC(=O)O)c(F)c3)c2)c(C)c1. The van der Waals surface area contributed by atoms with Gasteiger partial charge in [-0.1, -0.05) is 31.2 Å². The first-order valence-electron chi connectivity index (χ1n) is 11.9. The molecule has 8 heteroatoms. The lowest BCUT2D eigenvalue weighted by atomic mass is 9.94. The molecule has 0 heterocycles. The maximum Gasteiger partial charge on any atom is 0.303 e. The third-order valence-corrected chi connectivity index (χ3v) is 7.65. The van der Waals surface area contributed by atoms with E-state index in [2.05, 4.69) is 11.4 Å². The molecule has 0 unspecified atom stereocenters. The minimum Gasteiger partial charge on any atom is -0.493 e. The van der Waals surface area contributed by atoms with Crippen LogP contribution in [0.1, 0.15) is 35.6 Å². The standard InChI is InChI=1S/C28H32FNO5S/c1-4-36(33,34)13-12-35-25-14-19(2)28(20(3)15-25)23-7-5-6-21(16-23)18-30-24-10-8-22(26(29)17-24)9-11-27(31)32/h5-8,10,14-17,30H,4,9,11-13,18H2,1-3H3,(H,31,32). The summed E-state index contributed by atoms with van der Waals surface area (Å²) in [5, 5.41) is 12.0. The molecule has 0 atom stereocenters. The van der Waals surface area contributed by atoms with Gasteiger partial charge >= 0.3 is 5.97 Å². The van der Waals surface area contributed by atoms with E-state index < -0.39 is 21.6 Å². The van der Waals surface area contributed by atoms with Gasteiger partial charge in [-0.15, -0.1) is 0 Å². The first-order valence-corrected chi connectivity index (χ1v) is 13.7. The predicted molar refractivity (Wildman–Crippen MR) is 141 cm³/mol. The van der Waals surface area contributed by atoms with Gasteiger partial charge in [-0.25, -0.2) is 12.8 Å². The summed E-state index contributed by atoms with van der Waals surface area (Å²) in [6.07, 6.45) is 0.0487. The summed E-state index contributed by atoms with van der Waals surface area (Å²) in [6, 6.07) is 16.7. The molecule has 3 aromatic carbocycles. The van der Waals surface area contributed by atoms with Crippen LogP contribution in [0, 0.1) is 19.7 Å². The zero-order valence-electron chi connectivity index (χ0n) is 20.8. The van der Waals surface area contributed by atoms with Crippen LogP contribution in [-0.2, 0) is 27.6 Å². The molecule has 3 rings (SSSR count). The highest BCUT2D eigenvalue weighted by Crippen LogP contribution is 2.32. The number of halogens is 1. The van der Waals surface area contributed by atoms with Crippen molar-refractivity contribution >= 4 is 21.5 Å². The summed E-state index contributed by atoms with van der Waals surface area (Å²) in [6.45, 7) is 6.24. The van der Waals surface area contributed by atoms with Crippen molar-refractivity contribution < 1.29 is 27.4 Å². The van der Waals surface area contributed by atoms with Crippen LogP contribution in [0.15, 0.2) is 54.6 Å². The molecule has 6 nitrogen and oxygen atoms in total. The molecule has 0 radical (unpaired) electrons. The van der Waals surface area contributed by atoms with Crippen LogP contribution in [0.5, 0.6) is 5.75 Å². The van der Waals surface area contributed by atoms with Crippen molar-refractivity contribution in [2.75, 3.05) is 23.4 Å². The van der Waals surface area contributed by atoms with E-state index in [0.29, 0.717) is 23.5 Å². The molecular formula is C28H32FNO5S. The Bertz CT molecular complexity index is 1310. The van der Waals surface area contributed by atoms with E-state index in [0.717, 1.165) is 27.8 Å². The van der Waals surface area contributed by atoms with Crippen LogP contribution in [0.3, 0.4) is 0 Å². The lowest BCUT2D eigenvalue weighted by Crippen LogP contribution is -2.15. The van der Waals surface area contributed by atoms with E-state index in [9.17, 15) is 17.6 Å². The molecule has 0 saturated heterocycles. The normalized spacial score (nSPS) is 11.3. The van der Waals surface area contributed by atoms with Crippen molar-refractivity contribution in [1.29, 1.82) is 0 Å². The summed E-state index contributed by atoms with van der Waals surface area (Å²) in [5.74, 6) is -0.632. The molecule has 192 valence electrons. The Kier molecular flexibility index (Phi) is 9.09. The van der Waals surface area contributed by atoms with Gasteiger partial charge in [-0.05, 0) is 84.0 Å². The fourth-order valence-electron chi connectivity index (χ4n) is 4.04. The van der Waals surface area contributed by atoms with Crippen molar-refractivity contribution in [3.63, 3.8) is 0 Å². The predicted octanol–water partition coefficient (Wildman–Crippen LogP) is 5.55. The number of rotatable bonds is 12. The molecule has 0 spiro atoms. The molecule has 36 heavy (non-hydrogen) atoms. The van der Waals surface area contributed by atoms with Gasteiger partial charge in [0.05, 0.1) is 5.75 Å². The Balaban J connectivity index is 1.69. The fraction of sp³-hybridized carbons (Fsp3) is 0.321. The largest absolute Gasteiger partial charge is 0.493 e. The average molecular weight is 514 g/mol. The molecule has 0 aromatic heterocycles. The van der Waals surface area contributed by atoms with Gasteiger partial charge in [0.2, 0.25) is 0 Å². The number of ether oxygens (including phenoxy) is 1. The van der Waals surface area contributed by atoms with Crippen LogP contribution in [0.25, 0.3) is 11.1 Å². The van der Waals surface area contributed by atoms with E-state index in [1.165, 1.54) is 6.07 Å². The molecule has 0 aliphatic heterocycles. The number of aryl methyl sites for hydroxylation is 3. The van der Waals surface area contributed by atoms with E-state index >= 15 is 0 Å². The number of benzene rings is 3.